The minimum absolute atomic E-state index is 0.129. The number of aryl methyl sites for hydroxylation is 2. The van der Waals surface area contributed by atoms with E-state index in [0.717, 1.165) is 24.2 Å². The summed E-state index contributed by atoms with van der Waals surface area (Å²) < 4.78 is 13.5. The number of aromatic nitrogens is 2. The summed E-state index contributed by atoms with van der Waals surface area (Å²) >= 11 is 0. The number of carbonyl (C=O) groups is 1. The molecule has 1 aliphatic heterocycles. The Bertz CT molecular complexity index is 895. The lowest BCUT2D eigenvalue weighted by atomic mass is 10.0. The van der Waals surface area contributed by atoms with E-state index in [1.165, 1.54) is 4.90 Å². The van der Waals surface area contributed by atoms with Gasteiger partial charge in [-0.3, -0.25) is 9.48 Å². The van der Waals surface area contributed by atoms with Crippen LogP contribution < -0.4 is 4.74 Å². The molecule has 0 bridgehead atoms. The number of para-hydroxylation sites is 1. The lowest BCUT2D eigenvalue weighted by Gasteiger charge is -2.33. The largest absolute Gasteiger partial charge is 0.493 e. The van der Waals surface area contributed by atoms with E-state index in [9.17, 15) is 25.2 Å². The van der Waals surface area contributed by atoms with Crippen LogP contribution in [0, 0.1) is 0 Å². The van der Waals surface area contributed by atoms with E-state index in [2.05, 4.69) is 5.10 Å². The molecule has 0 fully saturated rings. The number of benzene rings is 1. The summed E-state index contributed by atoms with van der Waals surface area (Å²) in [7, 11) is 0. The Morgan fingerprint density at radius 2 is 1.97 bits per heavy atom. The zero-order valence-electron chi connectivity index (χ0n) is 20.7. The molecule has 10 heteroatoms. The first-order valence-corrected chi connectivity index (χ1v) is 12.7. The number of aliphatic hydroxyl groups excluding tert-OH is 4. The van der Waals surface area contributed by atoms with E-state index in [-0.39, 0.29) is 25.5 Å². The SMILES string of the molecule is O=C(CCCn1cccn1)N1CCCOc2ccccc2CCCCO[C@H]([C@H](O)CO)[C@H](O)[C@H](O)C1. The molecule has 200 valence electrons. The molecule has 0 spiro atoms. The Balaban J connectivity index is 1.70. The molecule has 0 radical (unpaired) electrons. The molecule has 0 saturated heterocycles. The second kappa shape index (κ2) is 14.9. The van der Waals surface area contributed by atoms with Crippen molar-refractivity contribution in [2.75, 3.05) is 32.9 Å². The van der Waals surface area contributed by atoms with Crippen molar-refractivity contribution >= 4 is 5.91 Å². The number of amides is 1. The Morgan fingerprint density at radius 1 is 1.14 bits per heavy atom. The molecule has 2 heterocycles. The third-order valence-corrected chi connectivity index (χ3v) is 6.35. The fraction of sp³-hybridized carbons (Fsp3) is 0.615. The molecule has 1 aromatic heterocycles. The molecule has 1 aromatic carbocycles. The van der Waals surface area contributed by atoms with E-state index >= 15 is 0 Å². The molecule has 1 amide bonds. The van der Waals surface area contributed by atoms with Gasteiger partial charge in [0.2, 0.25) is 5.91 Å². The van der Waals surface area contributed by atoms with Crippen LogP contribution in [0.3, 0.4) is 0 Å². The van der Waals surface area contributed by atoms with Crippen LogP contribution in [-0.2, 0) is 22.5 Å². The number of nitrogens with zero attached hydrogens (tertiary/aromatic N) is 3. The number of hydrogen-bond acceptors (Lipinski definition) is 8. The van der Waals surface area contributed by atoms with Crippen LogP contribution in [0.1, 0.15) is 37.7 Å². The first-order chi connectivity index (χ1) is 17.5. The van der Waals surface area contributed by atoms with Crippen LogP contribution in [0.25, 0.3) is 0 Å². The summed E-state index contributed by atoms with van der Waals surface area (Å²) in [6.07, 6.45) is 1.76. The van der Waals surface area contributed by atoms with Crippen LogP contribution in [0.4, 0.5) is 0 Å². The van der Waals surface area contributed by atoms with Crippen LogP contribution >= 0.6 is 0 Å². The lowest BCUT2D eigenvalue weighted by molar-refractivity contribution is -0.151. The van der Waals surface area contributed by atoms with Crippen molar-refractivity contribution < 1.29 is 34.7 Å². The van der Waals surface area contributed by atoms with Gasteiger partial charge in [0.1, 0.15) is 30.2 Å². The van der Waals surface area contributed by atoms with E-state index in [0.29, 0.717) is 39.0 Å². The summed E-state index contributed by atoms with van der Waals surface area (Å²) in [5.74, 6) is 0.654. The van der Waals surface area contributed by atoms with Gasteiger partial charge in [-0.05, 0) is 49.8 Å². The number of rotatable bonds is 6. The number of carbonyl (C=O) groups excluding carboxylic acids is 1. The first-order valence-electron chi connectivity index (χ1n) is 12.7. The lowest BCUT2D eigenvalue weighted by Crippen LogP contribution is -2.52. The Morgan fingerprint density at radius 3 is 2.75 bits per heavy atom. The Labute approximate surface area is 212 Å². The van der Waals surface area contributed by atoms with Gasteiger partial charge in [0.15, 0.2) is 0 Å². The Hall–Kier alpha value is -2.50. The van der Waals surface area contributed by atoms with E-state index < -0.39 is 31.0 Å². The Kier molecular flexibility index (Phi) is 11.6. The van der Waals surface area contributed by atoms with Gasteiger partial charge in [-0.25, -0.2) is 0 Å². The summed E-state index contributed by atoms with van der Waals surface area (Å²) in [6, 6.07) is 9.66. The number of β-amino-alcohol motifs (C(OH)–C–C–N with tert-alkyl or cyclic N) is 1. The van der Waals surface area contributed by atoms with Crippen LogP contribution in [0.2, 0.25) is 0 Å². The molecule has 36 heavy (non-hydrogen) atoms. The van der Waals surface area contributed by atoms with Gasteiger partial charge < -0.3 is 34.8 Å². The van der Waals surface area contributed by atoms with Gasteiger partial charge >= 0.3 is 0 Å². The topological polar surface area (TPSA) is 138 Å². The molecule has 4 N–H and O–H groups in total. The molecule has 0 unspecified atom stereocenters. The molecular formula is C26H39N3O7. The average Bonchev–Trinajstić information content (AvgIpc) is 3.40. The average molecular weight is 506 g/mol. The van der Waals surface area contributed by atoms with Crippen molar-refractivity contribution in [2.24, 2.45) is 0 Å². The first kappa shape index (κ1) is 28.1. The van der Waals surface area contributed by atoms with Crippen molar-refractivity contribution in [1.82, 2.24) is 14.7 Å². The third-order valence-electron chi connectivity index (χ3n) is 6.35. The second-order valence-electron chi connectivity index (χ2n) is 9.12. The highest BCUT2D eigenvalue weighted by atomic mass is 16.5. The summed E-state index contributed by atoms with van der Waals surface area (Å²) in [5, 5.41) is 45.3. The van der Waals surface area contributed by atoms with E-state index in [4.69, 9.17) is 9.47 Å². The van der Waals surface area contributed by atoms with Crippen molar-refractivity contribution in [2.45, 2.75) is 69.5 Å². The van der Waals surface area contributed by atoms with Crippen molar-refractivity contribution in [3.8, 4) is 5.75 Å². The third kappa shape index (κ3) is 8.56. The minimum Gasteiger partial charge on any atom is -0.493 e. The maximum absolute atomic E-state index is 13.0. The van der Waals surface area contributed by atoms with Gasteiger partial charge in [-0.2, -0.15) is 5.10 Å². The van der Waals surface area contributed by atoms with Gasteiger partial charge in [0.05, 0.1) is 13.2 Å². The van der Waals surface area contributed by atoms with E-state index in [1.54, 1.807) is 10.9 Å². The van der Waals surface area contributed by atoms with Crippen LogP contribution in [-0.4, -0.2) is 98.3 Å². The number of ether oxygens (including phenoxy) is 2. The highest BCUT2D eigenvalue weighted by molar-refractivity contribution is 5.76. The number of aliphatic hydroxyl groups is 4. The fourth-order valence-corrected chi connectivity index (χ4v) is 4.32. The predicted molar refractivity (Wildman–Crippen MR) is 132 cm³/mol. The van der Waals surface area contributed by atoms with Crippen molar-refractivity contribution in [3.05, 3.63) is 48.3 Å². The highest BCUT2D eigenvalue weighted by Gasteiger charge is 2.34. The summed E-state index contributed by atoms with van der Waals surface area (Å²) in [4.78, 5) is 14.5. The van der Waals surface area contributed by atoms with E-state index in [1.807, 2.05) is 36.5 Å². The number of hydrogen-bond donors (Lipinski definition) is 4. The van der Waals surface area contributed by atoms with Crippen LogP contribution in [0.15, 0.2) is 42.7 Å². The van der Waals surface area contributed by atoms with Gasteiger partial charge in [-0.15, -0.1) is 0 Å². The molecule has 4 atom stereocenters. The minimum atomic E-state index is -1.48. The smallest absolute Gasteiger partial charge is 0.222 e. The predicted octanol–water partition coefficient (Wildman–Crippen LogP) is 0.758. The van der Waals surface area contributed by atoms with Crippen LogP contribution in [0.5, 0.6) is 5.75 Å². The molecular weight excluding hydrogens is 466 g/mol. The zero-order chi connectivity index (χ0) is 25.8. The maximum atomic E-state index is 13.0. The molecule has 2 aromatic rings. The molecule has 1 aliphatic rings. The maximum Gasteiger partial charge on any atom is 0.222 e. The summed E-state index contributed by atoms with van der Waals surface area (Å²) in [6.45, 7) is 0.828. The second-order valence-corrected chi connectivity index (χ2v) is 9.12. The van der Waals surface area contributed by atoms with Gasteiger partial charge in [-0.1, -0.05) is 18.2 Å². The van der Waals surface area contributed by atoms with Gasteiger partial charge in [0.25, 0.3) is 0 Å². The zero-order valence-corrected chi connectivity index (χ0v) is 20.7. The monoisotopic (exact) mass is 505 g/mol. The fourth-order valence-electron chi connectivity index (χ4n) is 4.32. The molecule has 3 rings (SSSR count). The molecule has 0 saturated carbocycles. The van der Waals surface area contributed by atoms with Crippen molar-refractivity contribution in [3.63, 3.8) is 0 Å². The summed E-state index contributed by atoms with van der Waals surface area (Å²) in [5.41, 5.74) is 1.08. The standard InChI is InChI=1S/C26H39N3O7/c30-19-22(32)26-25(34)21(31)18-28(24(33)11-5-14-29-15-6-12-27-29)13-7-17-35-23-10-2-1-8-20(23)9-3-4-16-36-26/h1-2,6,8,10,12,15,21-22,25-26,30-32,34H,3-5,7,9,11,13-14,16-19H2/t21-,22-,25-,26-/m1/s1. The molecule has 0 aliphatic carbocycles. The number of fused-ring (bicyclic) bond motifs is 1. The molecule has 10 nitrogen and oxygen atoms in total. The van der Waals surface area contributed by atoms with Gasteiger partial charge in [0, 0.05) is 45.1 Å². The highest BCUT2D eigenvalue weighted by Crippen LogP contribution is 2.21. The normalized spacial score (nSPS) is 23.4. The quantitative estimate of drug-likeness (QED) is 0.452. The van der Waals surface area contributed by atoms with Crippen molar-refractivity contribution in [1.29, 1.82) is 0 Å².